The Morgan fingerprint density at radius 3 is 2.94 bits per heavy atom. The van der Waals surface area contributed by atoms with Gasteiger partial charge in [-0.05, 0) is 42.4 Å². The molecule has 2 nitrogen and oxygen atoms in total. The van der Waals surface area contributed by atoms with Crippen LogP contribution >= 0.6 is 0 Å². The van der Waals surface area contributed by atoms with Gasteiger partial charge in [0.1, 0.15) is 0 Å². The van der Waals surface area contributed by atoms with Gasteiger partial charge in [-0.1, -0.05) is 29.8 Å². The van der Waals surface area contributed by atoms with Crippen molar-refractivity contribution in [1.82, 2.24) is 0 Å². The highest BCUT2D eigenvalue weighted by atomic mass is 16.4. The average Bonchev–Trinajstić information content (AvgIpc) is 2.66. The lowest BCUT2D eigenvalue weighted by molar-refractivity contribution is -0.141. The van der Waals surface area contributed by atoms with Crippen molar-refractivity contribution in [2.45, 2.75) is 25.7 Å². The third-order valence-corrected chi connectivity index (χ3v) is 3.77. The Hall–Kier alpha value is -1.57. The molecule has 0 heterocycles. The Kier molecular flexibility index (Phi) is 2.10. The van der Waals surface area contributed by atoms with E-state index in [9.17, 15) is 4.79 Å². The second-order valence-electron chi connectivity index (χ2n) is 4.69. The van der Waals surface area contributed by atoms with Crippen LogP contribution in [0.4, 0.5) is 0 Å². The highest BCUT2D eigenvalue weighted by molar-refractivity contribution is 5.81. The van der Waals surface area contributed by atoms with Gasteiger partial charge in [-0.2, -0.15) is 0 Å². The van der Waals surface area contributed by atoms with Gasteiger partial charge in [0.2, 0.25) is 0 Å². The van der Waals surface area contributed by atoms with Crippen LogP contribution in [0, 0.1) is 5.92 Å². The predicted octanol–water partition coefficient (Wildman–Crippen LogP) is 2.88. The van der Waals surface area contributed by atoms with Crippen molar-refractivity contribution in [2.24, 2.45) is 5.92 Å². The van der Waals surface area contributed by atoms with E-state index >= 15 is 0 Å². The molecule has 1 unspecified atom stereocenters. The number of carboxylic acid groups (broad SMARTS) is 1. The van der Waals surface area contributed by atoms with E-state index in [1.807, 2.05) is 6.07 Å². The lowest BCUT2D eigenvalue weighted by Crippen LogP contribution is -2.17. The molecule has 1 N–H and O–H groups in total. The van der Waals surface area contributed by atoms with Crippen molar-refractivity contribution < 1.29 is 9.90 Å². The molecule has 0 fully saturated rings. The van der Waals surface area contributed by atoms with Crippen molar-refractivity contribution in [1.29, 1.82) is 0 Å². The Morgan fingerprint density at radius 1 is 1.31 bits per heavy atom. The number of hydrogen-bond acceptors (Lipinski definition) is 1. The van der Waals surface area contributed by atoms with Crippen LogP contribution in [0.2, 0.25) is 0 Å². The zero-order valence-corrected chi connectivity index (χ0v) is 9.07. The van der Waals surface area contributed by atoms with Crippen molar-refractivity contribution in [3.8, 4) is 0 Å². The molecule has 0 saturated heterocycles. The summed E-state index contributed by atoms with van der Waals surface area (Å²) in [6.45, 7) is 0. The summed E-state index contributed by atoms with van der Waals surface area (Å²) in [4.78, 5) is 11.0. The first-order valence-corrected chi connectivity index (χ1v) is 5.77. The molecule has 1 atom stereocenters. The summed E-state index contributed by atoms with van der Waals surface area (Å²) in [5.41, 5.74) is 5.45. The van der Waals surface area contributed by atoms with E-state index in [4.69, 9.17) is 5.11 Å². The molecule has 3 rings (SSSR count). The van der Waals surface area contributed by atoms with Crippen LogP contribution in [0.1, 0.15) is 30.4 Å². The number of allylic oxidation sites excluding steroid dienone is 2. The molecule has 0 bridgehead atoms. The fourth-order valence-electron chi connectivity index (χ4n) is 2.90. The highest BCUT2D eigenvalue weighted by Crippen LogP contribution is 2.43. The number of rotatable bonds is 1. The largest absolute Gasteiger partial charge is 0.481 e. The van der Waals surface area contributed by atoms with Gasteiger partial charge in [-0.25, -0.2) is 0 Å². The quantitative estimate of drug-likeness (QED) is 0.780. The van der Waals surface area contributed by atoms with Crippen LogP contribution in [-0.2, 0) is 11.2 Å². The van der Waals surface area contributed by atoms with E-state index < -0.39 is 5.97 Å². The second-order valence-corrected chi connectivity index (χ2v) is 4.69. The molecule has 2 aliphatic carbocycles. The molecule has 16 heavy (non-hydrogen) atoms. The van der Waals surface area contributed by atoms with Crippen LogP contribution in [-0.4, -0.2) is 11.1 Å². The lowest BCUT2D eigenvalue weighted by atomic mass is 9.84. The predicted molar refractivity (Wildman–Crippen MR) is 62.0 cm³/mol. The number of aliphatic carboxylic acids is 1. The van der Waals surface area contributed by atoms with Crippen molar-refractivity contribution in [3.63, 3.8) is 0 Å². The zero-order valence-electron chi connectivity index (χ0n) is 9.07. The number of fused-ring (bicyclic) bond motifs is 2. The van der Waals surface area contributed by atoms with Crippen molar-refractivity contribution in [2.75, 3.05) is 0 Å². The average molecular weight is 214 g/mol. The summed E-state index contributed by atoms with van der Waals surface area (Å²) >= 11 is 0. The van der Waals surface area contributed by atoms with Crippen LogP contribution in [0.15, 0.2) is 29.8 Å². The number of benzene rings is 1. The van der Waals surface area contributed by atoms with Gasteiger partial charge >= 0.3 is 5.97 Å². The monoisotopic (exact) mass is 214 g/mol. The van der Waals surface area contributed by atoms with E-state index in [1.54, 1.807) is 0 Å². The standard InChI is InChI=1S/C14H14O2/c15-14(16)11-6-5-10-7-9-3-1-2-4-12(9)13(10)8-11/h1-4,11H,5-8H2,(H,15,16). The van der Waals surface area contributed by atoms with E-state index in [0.717, 1.165) is 25.7 Å². The second kappa shape index (κ2) is 3.48. The minimum Gasteiger partial charge on any atom is -0.481 e. The van der Waals surface area contributed by atoms with E-state index in [2.05, 4.69) is 18.2 Å². The van der Waals surface area contributed by atoms with Gasteiger partial charge in [0.25, 0.3) is 0 Å². The molecule has 1 aromatic rings. The zero-order chi connectivity index (χ0) is 11.1. The summed E-state index contributed by atoms with van der Waals surface area (Å²) in [6, 6.07) is 8.39. The molecule has 0 radical (unpaired) electrons. The van der Waals surface area contributed by atoms with E-state index in [1.165, 1.54) is 22.3 Å². The van der Waals surface area contributed by atoms with Crippen molar-refractivity contribution >= 4 is 11.5 Å². The minimum absolute atomic E-state index is 0.176. The third kappa shape index (κ3) is 1.37. The van der Waals surface area contributed by atoms with Crippen LogP contribution in [0.25, 0.3) is 5.57 Å². The highest BCUT2D eigenvalue weighted by Gasteiger charge is 2.30. The summed E-state index contributed by atoms with van der Waals surface area (Å²) in [5.74, 6) is -0.819. The Balaban J connectivity index is 1.97. The maximum atomic E-state index is 11.0. The Morgan fingerprint density at radius 2 is 2.12 bits per heavy atom. The number of carbonyl (C=O) groups is 1. The molecule has 1 aromatic carbocycles. The molecule has 0 amide bonds. The van der Waals surface area contributed by atoms with Crippen LogP contribution in [0.3, 0.4) is 0 Å². The summed E-state index contributed by atoms with van der Waals surface area (Å²) in [6.07, 6.45) is 3.53. The maximum absolute atomic E-state index is 11.0. The molecule has 0 saturated carbocycles. The maximum Gasteiger partial charge on any atom is 0.306 e. The minimum atomic E-state index is -0.643. The van der Waals surface area contributed by atoms with Crippen LogP contribution < -0.4 is 0 Å². The van der Waals surface area contributed by atoms with Crippen LogP contribution in [0.5, 0.6) is 0 Å². The summed E-state index contributed by atoms with van der Waals surface area (Å²) in [5, 5.41) is 9.08. The molecule has 0 spiro atoms. The first-order chi connectivity index (χ1) is 7.75. The van der Waals surface area contributed by atoms with Gasteiger partial charge in [0.05, 0.1) is 5.92 Å². The normalized spacial score (nSPS) is 22.9. The molecule has 0 aliphatic heterocycles. The lowest BCUT2D eigenvalue weighted by Gasteiger charge is -2.20. The first kappa shape index (κ1) is 9.64. The smallest absolute Gasteiger partial charge is 0.306 e. The van der Waals surface area contributed by atoms with Gasteiger partial charge in [-0.15, -0.1) is 0 Å². The third-order valence-electron chi connectivity index (χ3n) is 3.77. The van der Waals surface area contributed by atoms with Gasteiger partial charge in [0.15, 0.2) is 0 Å². The fraction of sp³-hybridized carbons (Fsp3) is 0.357. The molecule has 0 aromatic heterocycles. The topological polar surface area (TPSA) is 37.3 Å². The number of carboxylic acids is 1. The molecular weight excluding hydrogens is 200 g/mol. The van der Waals surface area contributed by atoms with E-state index in [-0.39, 0.29) is 5.92 Å². The molecule has 2 aliphatic rings. The van der Waals surface area contributed by atoms with E-state index in [0.29, 0.717) is 0 Å². The van der Waals surface area contributed by atoms with Gasteiger partial charge in [-0.3, -0.25) is 4.79 Å². The van der Waals surface area contributed by atoms with Gasteiger partial charge < -0.3 is 5.11 Å². The Bertz CT molecular complexity index is 485. The van der Waals surface area contributed by atoms with Gasteiger partial charge in [0, 0.05) is 0 Å². The summed E-state index contributed by atoms with van der Waals surface area (Å²) in [7, 11) is 0. The fourth-order valence-corrected chi connectivity index (χ4v) is 2.90. The Labute approximate surface area is 94.6 Å². The van der Waals surface area contributed by atoms with Crippen molar-refractivity contribution in [3.05, 3.63) is 41.0 Å². The molecule has 2 heteroatoms. The summed E-state index contributed by atoms with van der Waals surface area (Å²) < 4.78 is 0. The SMILES string of the molecule is O=C(O)C1CCC2=C(C1)c1ccccc1C2. The first-order valence-electron chi connectivity index (χ1n) is 5.77. The number of hydrogen-bond donors (Lipinski definition) is 1. The molecule has 82 valence electrons. The molecular formula is C14H14O2.